The van der Waals surface area contributed by atoms with E-state index < -0.39 is 17.6 Å². The Kier molecular flexibility index (Phi) is 3.72. The van der Waals surface area contributed by atoms with Crippen molar-refractivity contribution in [3.8, 4) is 11.1 Å². The maximum Gasteiger partial charge on any atom is 0.416 e. The van der Waals surface area contributed by atoms with Gasteiger partial charge in [-0.2, -0.15) is 13.2 Å². The van der Waals surface area contributed by atoms with Gasteiger partial charge in [0.05, 0.1) is 5.56 Å². The molecule has 2 rings (SSSR count). The van der Waals surface area contributed by atoms with Gasteiger partial charge in [0.1, 0.15) is 0 Å². The lowest BCUT2D eigenvalue weighted by Crippen LogP contribution is -2.10. The Hall–Kier alpha value is -2.01. The van der Waals surface area contributed by atoms with Crippen LogP contribution in [0.1, 0.15) is 15.9 Å². The quantitative estimate of drug-likeness (QED) is 0.890. The highest BCUT2D eigenvalue weighted by Gasteiger charge is 2.30. The Morgan fingerprint density at radius 3 is 2.10 bits per heavy atom. The van der Waals surface area contributed by atoms with Gasteiger partial charge >= 0.3 is 6.18 Å². The number of benzene rings is 2. The molecule has 0 bridgehead atoms. The van der Waals surface area contributed by atoms with E-state index in [0.29, 0.717) is 11.1 Å². The van der Waals surface area contributed by atoms with Gasteiger partial charge in [0.2, 0.25) is 5.91 Å². The molecule has 0 fully saturated rings. The van der Waals surface area contributed by atoms with Gasteiger partial charge in [-0.25, -0.2) is 0 Å². The van der Waals surface area contributed by atoms with Gasteiger partial charge in [-0.15, -0.1) is 0 Å². The van der Waals surface area contributed by atoms with Crippen LogP contribution in [-0.4, -0.2) is 5.91 Å². The molecule has 20 heavy (non-hydrogen) atoms. The summed E-state index contributed by atoms with van der Waals surface area (Å²) in [7, 11) is 0. The van der Waals surface area contributed by atoms with Crippen molar-refractivity contribution in [3.63, 3.8) is 0 Å². The zero-order valence-electron chi connectivity index (χ0n) is 10.0. The summed E-state index contributed by atoms with van der Waals surface area (Å²) in [6.45, 7) is 0. The molecule has 0 heterocycles. The van der Waals surface area contributed by atoms with E-state index in [-0.39, 0.29) is 10.6 Å². The lowest BCUT2D eigenvalue weighted by atomic mass is 10.0. The molecule has 0 saturated heterocycles. The van der Waals surface area contributed by atoms with Crippen molar-refractivity contribution in [1.82, 2.24) is 0 Å². The Balaban J connectivity index is 2.40. The topological polar surface area (TPSA) is 43.1 Å². The molecule has 2 nitrogen and oxygen atoms in total. The molecule has 0 atom stereocenters. The molecule has 2 N–H and O–H groups in total. The molecule has 0 aliphatic heterocycles. The van der Waals surface area contributed by atoms with Gasteiger partial charge in [-0.1, -0.05) is 29.8 Å². The summed E-state index contributed by atoms with van der Waals surface area (Å²) in [4.78, 5) is 11.0. The number of carbonyl (C=O) groups excluding carboxylic acids is 1. The number of amides is 1. The minimum Gasteiger partial charge on any atom is -0.366 e. The van der Waals surface area contributed by atoms with Gasteiger partial charge in [-0.05, 0) is 29.8 Å². The molecular weight excluding hydrogens is 291 g/mol. The summed E-state index contributed by atoms with van der Waals surface area (Å²) in [5.41, 5.74) is 5.69. The molecule has 0 aliphatic carbocycles. The van der Waals surface area contributed by atoms with Crippen LogP contribution in [0.25, 0.3) is 11.1 Å². The zero-order chi connectivity index (χ0) is 14.9. The molecule has 0 spiro atoms. The minimum absolute atomic E-state index is 0.241. The Labute approximate surface area is 118 Å². The van der Waals surface area contributed by atoms with Crippen LogP contribution in [-0.2, 0) is 6.18 Å². The SMILES string of the molecule is NC(=O)c1ccc(-c2ccc(C(F)(F)F)cc2)c(Cl)c1. The fourth-order valence-corrected chi connectivity index (χ4v) is 2.03. The molecule has 0 aromatic heterocycles. The van der Waals surface area contributed by atoms with Crippen molar-refractivity contribution in [2.75, 3.05) is 0 Å². The van der Waals surface area contributed by atoms with Crippen LogP contribution < -0.4 is 5.73 Å². The molecule has 6 heteroatoms. The number of rotatable bonds is 2. The molecule has 0 saturated carbocycles. The summed E-state index contributed by atoms with van der Waals surface area (Å²) >= 11 is 6.01. The highest BCUT2D eigenvalue weighted by atomic mass is 35.5. The van der Waals surface area contributed by atoms with Crippen LogP contribution in [0.15, 0.2) is 42.5 Å². The molecule has 104 valence electrons. The molecule has 0 radical (unpaired) electrons. The Bertz CT molecular complexity index is 650. The van der Waals surface area contributed by atoms with Gasteiger partial charge in [-0.3, -0.25) is 4.79 Å². The first kappa shape index (κ1) is 14.4. The summed E-state index contributed by atoms with van der Waals surface area (Å²) in [6.07, 6.45) is -4.38. The standard InChI is InChI=1S/C14H9ClF3NO/c15-12-7-9(13(19)20)3-6-11(12)8-1-4-10(5-2-8)14(16,17)18/h1-7H,(H2,19,20). The fourth-order valence-electron chi connectivity index (χ4n) is 1.74. The molecule has 1 amide bonds. The lowest BCUT2D eigenvalue weighted by Gasteiger charge is -2.09. The van der Waals surface area contributed by atoms with E-state index >= 15 is 0 Å². The number of hydrogen-bond acceptors (Lipinski definition) is 1. The normalized spacial score (nSPS) is 11.4. The van der Waals surface area contributed by atoms with Gasteiger partial charge in [0.25, 0.3) is 0 Å². The van der Waals surface area contributed by atoms with Crippen molar-refractivity contribution in [1.29, 1.82) is 0 Å². The zero-order valence-corrected chi connectivity index (χ0v) is 10.8. The average molecular weight is 300 g/mol. The monoisotopic (exact) mass is 299 g/mol. The van der Waals surface area contributed by atoms with Crippen LogP contribution in [0.5, 0.6) is 0 Å². The molecule has 0 aliphatic rings. The summed E-state index contributed by atoms with van der Waals surface area (Å²) in [5.74, 6) is -0.620. The average Bonchev–Trinajstić information content (AvgIpc) is 2.37. The van der Waals surface area contributed by atoms with Crippen LogP contribution in [0.3, 0.4) is 0 Å². The summed E-state index contributed by atoms with van der Waals surface area (Å²) in [5, 5.41) is 0.251. The minimum atomic E-state index is -4.38. The van der Waals surface area contributed by atoms with E-state index in [1.165, 1.54) is 24.3 Å². The fraction of sp³-hybridized carbons (Fsp3) is 0.0714. The number of alkyl halides is 3. The third-order valence-electron chi connectivity index (χ3n) is 2.78. The summed E-state index contributed by atoms with van der Waals surface area (Å²) in [6, 6.07) is 9.02. The largest absolute Gasteiger partial charge is 0.416 e. The molecule has 0 unspecified atom stereocenters. The number of nitrogens with two attached hydrogens (primary N) is 1. The van der Waals surface area contributed by atoms with E-state index in [1.807, 2.05) is 0 Å². The summed E-state index contributed by atoms with van der Waals surface area (Å²) < 4.78 is 37.4. The number of hydrogen-bond donors (Lipinski definition) is 1. The second kappa shape index (κ2) is 5.17. The number of halogens is 4. The second-order valence-electron chi connectivity index (χ2n) is 4.13. The molecule has 2 aromatic carbocycles. The van der Waals surface area contributed by atoms with E-state index in [0.717, 1.165) is 12.1 Å². The van der Waals surface area contributed by atoms with E-state index in [4.69, 9.17) is 17.3 Å². The molecular formula is C14H9ClF3NO. The van der Waals surface area contributed by atoms with Crippen LogP contribution in [0.4, 0.5) is 13.2 Å². The maximum absolute atomic E-state index is 12.5. The first-order chi connectivity index (χ1) is 9.29. The third kappa shape index (κ3) is 2.93. The van der Waals surface area contributed by atoms with Crippen molar-refractivity contribution in [3.05, 3.63) is 58.6 Å². The van der Waals surface area contributed by atoms with Crippen LogP contribution in [0.2, 0.25) is 5.02 Å². The first-order valence-corrected chi connectivity index (χ1v) is 5.94. The third-order valence-corrected chi connectivity index (χ3v) is 3.09. The van der Waals surface area contributed by atoms with Crippen molar-refractivity contribution in [2.24, 2.45) is 5.73 Å². The maximum atomic E-state index is 12.5. The van der Waals surface area contributed by atoms with Gasteiger partial charge in [0, 0.05) is 16.1 Å². The Morgan fingerprint density at radius 2 is 1.65 bits per heavy atom. The predicted octanol–water partition coefficient (Wildman–Crippen LogP) is 4.12. The van der Waals surface area contributed by atoms with Crippen molar-refractivity contribution < 1.29 is 18.0 Å². The highest BCUT2D eigenvalue weighted by molar-refractivity contribution is 6.33. The van der Waals surface area contributed by atoms with Crippen molar-refractivity contribution >= 4 is 17.5 Å². The van der Waals surface area contributed by atoms with Gasteiger partial charge in [0.15, 0.2) is 0 Å². The smallest absolute Gasteiger partial charge is 0.366 e. The second-order valence-corrected chi connectivity index (χ2v) is 4.54. The van der Waals surface area contributed by atoms with E-state index in [2.05, 4.69) is 0 Å². The van der Waals surface area contributed by atoms with E-state index in [1.54, 1.807) is 6.07 Å². The van der Waals surface area contributed by atoms with Crippen molar-refractivity contribution in [2.45, 2.75) is 6.18 Å². The Morgan fingerprint density at radius 1 is 1.05 bits per heavy atom. The van der Waals surface area contributed by atoms with E-state index in [9.17, 15) is 18.0 Å². The van der Waals surface area contributed by atoms with Crippen LogP contribution in [0, 0.1) is 0 Å². The molecule has 2 aromatic rings. The van der Waals surface area contributed by atoms with Gasteiger partial charge < -0.3 is 5.73 Å². The lowest BCUT2D eigenvalue weighted by molar-refractivity contribution is -0.137. The predicted molar refractivity (Wildman–Crippen MR) is 70.4 cm³/mol. The number of carbonyl (C=O) groups is 1. The number of primary amides is 1. The van der Waals surface area contributed by atoms with Crippen LogP contribution >= 0.6 is 11.6 Å². The highest BCUT2D eigenvalue weighted by Crippen LogP contribution is 2.33. The first-order valence-electron chi connectivity index (χ1n) is 5.56.